The Bertz CT molecular complexity index is 354. The van der Waals surface area contributed by atoms with Crippen molar-refractivity contribution in [3.63, 3.8) is 0 Å². The van der Waals surface area contributed by atoms with Gasteiger partial charge in [0.1, 0.15) is 0 Å². The zero-order valence-electron chi connectivity index (χ0n) is 12.8. The number of hydrogen-bond acceptors (Lipinski definition) is 5. The summed E-state index contributed by atoms with van der Waals surface area (Å²) in [5, 5.41) is 0. The molecule has 3 heterocycles. The van der Waals surface area contributed by atoms with Gasteiger partial charge in [-0.05, 0) is 5.92 Å². The number of carbonyl (C=O) groups excluding carboxylic acids is 1. The van der Waals surface area contributed by atoms with Crippen molar-refractivity contribution in [1.82, 2.24) is 9.80 Å². The van der Waals surface area contributed by atoms with E-state index in [1.165, 1.54) is 0 Å². The van der Waals surface area contributed by atoms with Crippen LogP contribution in [0.5, 0.6) is 0 Å². The minimum Gasteiger partial charge on any atom is -0.379 e. The third-order valence-electron chi connectivity index (χ3n) is 4.85. The molecule has 0 aromatic heterocycles. The number of morpholine rings is 1. The molecular weight excluding hydrogens is 272 g/mol. The van der Waals surface area contributed by atoms with E-state index in [4.69, 9.17) is 14.2 Å². The molecule has 6 nitrogen and oxygen atoms in total. The summed E-state index contributed by atoms with van der Waals surface area (Å²) < 4.78 is 16.4. The molecule has 6 heteroatoms. The van der Waals surface area contributed by atoms with Gasteiger partial charge in [0.2, 0.25) is 0 Å². The van der Waals surface area contributed by atoms with E-state index in [0.717, 1.165) is 45.8 Å². The smallest absolute Gasteiger partial charge is 0.254 e. The second kappa shape index (κ2) is 7.05. The van der Waals surface area contributed by atoms with Crippen LogP contribution in [-0.2, 0) is 19.0 Å². The van der Waals surface area contributed by atoms with Crippen LogP contribution in [0, 0.1) is 5.92 Å². The van der Waals surface area contributed by atoms with Crippen LogP contribution in [0.25, 0.3) is 0 Å². The van der Waals surface area contributed by atoms with Gasteiger partial charge in [-0.25, -0.2) is 0 Å². The highest BCUT2D eigenvalue weighted by Gasteiger charge is 2.40. The number of carbonyl (C=O) groups is 1. The average Bonchev–Trinajstić information content (AvgIpc) is 3.00. The molecule has 0 N–H and O–H groups in total. The van der Waals surface area contributed by atoms with Crippen LogP contribution in [0.15, 0.2) is 0 Å². The standard InChI is InChI=1S/C15H26N2O4/c1-2-12-9-17(15(18)14-11-20-7-8-21-14)10-13(12)16-3-5-19-6-4-16/h12-14H,2-11H2,1H3/t12-,13+,14-/m1/s1. The molecule has 21 heavy (non-hydrogen) atoms. The Morgan fingerprint density at radius 3 is 2.57 bits per heavy atom. The number of rotatable bonds is 3. The van der Waals surface area contributed by atoms with E-state index < -0.39 is 6.10 Å². The van der Waals surface area contributed by atoms with Crippen LogP contribution in [0.1, 0.15) is 13.3 Å². The molecule has 3 rings (SSSR count). The first-order valence-corrected chi connectivity index (χ1v) is 8.09. The molecule has 3 aliphatic rings. The van der Waals surface area contributed by atoms with E-state index in [9.17, 15) is 4.79 Å². The van der Waals surface area contributed by atoms with E-state index in [-0.39, 0.29) is 5.91 Å². The van der Waals surface area contributed by atoms with E-state index in [1.54, 1.807) is 0 Å². The second-order valence-corrected chi connectivity index (χ2v) is 6.06. The summed E-state index contributed by atoms with van der Waals surface area (Å²) in [6.45, 7) is 8.96. The summed E-state index contributed by atoms with van der Waals surface area (Å²) in [6, 6.07) is 0.465. The Kier molecular flexibility index (Phi) is 5.11. The molecule has 1 amide bonds. The zero-order chi connectivity index (χ0) is 14.7. The van der Waals surface area contributed by atoms with E-state index in [1.807, 2.05) is 4.90 Å². The van der Waals surface area contributed by atoms with Gasteiger partial charge in [-0.15, -0.1) is 0 Å². The normalized spacial score (nSPS) is 35.1. The lowest BCUT2D eigenvalue weighted by Gasteiger charge is -2.34. The van der Waals surface area contributed by atoms with Crippen LogP contribution in [0.4, 0.5) is 0 Å². The lowest BCUT2D eigenvalue weighted by molar-refractivity contribution is -0.157. The third-order valence-corrected chi connectivity index (χ3v) is 4.85. The summed E-state index contributed by atoms with van der Waals surface area (Å²) in [5.74, 6) is 0.653. The summed E-state index contributed by atoms with van der Waals surface area (Å²) in [6.07, 6.45) is 0.702. The van der Waals surface area contributed by atoms with Crippen molar-refractivity contribution < 1.29 is 19.0 Å². The quantitative estimate of drug-likeness (QED) is 0.732. The maximum absolute atomic E-state index is 12.6. The van der Waals surface area contributed by atoms with Crippen molar-refractivity contribution in [1.29, 1.82) is 0 Å². The molecule has 3 atom stereocenters. The predicted octanol–water partition coefficient (Wildman–Crippen LogP) is -0.0290. The van der Waals surface area contributed by atoms with Crippen LogP contribution >= 0.6 is 0 Å². The monoisotopic (exact) mass is 298 g/mol. The van der Waals surface area contributed by atoms with Crippen LogP contribution in [-0.4, -0.2) is 87.1 Å². The maximum atomic E-state index is 12.6. The van der Waals surface area contributed by atoms with Crippen LogP contribution < -0.4 is 0 Å². The minimum absolute atomic E-state index is 0.101. The van der Waals surface area contributed by atoms with Crippen LogP contribution in [0.3, 0.4) is 0 Å². The highest BCUT2D eigenvalue weighted by molar-refractivity contribution is 5.81. The SMILES string of the molecule is CC[C@@H]1CN(C(=O)[C@H]2COCCO2)C[C@@H]1N1CCOCC1. The van der Waals surface area contributed by atoms with Crippen LogP contribution in [0.2, 0.25) is 0 Å². The summed E-state index contributed by atoms with van der Waals surface area (Å²) >= 11 is 0. The fraction of sp³-hybridized carbons (Fsp3) is 0.933. The molecule has 0 bridgehead atoms. The molecule has 0 aromatic carbocycles. The maximum Gasteiger partial charge on any atom is 0.254 e. The zero-order valence-corrected chi connectivity index (χ0v) is 12.8. The summed E-state index contributed by atoms with van der Waals surface area (Å²) in [5.41, 5.74) is 0. The predicted molar refractivity (Wildman–Crippen MR) is 77.1 cm³/mol. The van der Waals surface area contributed by atoms with Crippen molar-refractivity contribution in [3.05, 3.63) is 0 Å². The highest BCUT2D eigenvalue weighted by atomic mass is 16.6. The molecule has 0 saturated carbocycles. The first kappa shape index (κ1) is 15.2. The van der Waals surface area contributed by atoms with Gasteiger partial charge in [0, 0.05) is 32.2 Å². The van der Waals surface area contributed by atoms with Gasteiger partial charge in [0.05, 0.1) is 33.0 Å². The highest BCUT2D eigenvalue weighted by Crippen LogP contribution is 2.26. The number of likely N-dealkylation sites (tertiary alicyclic amines) is 1. The molecule has 3 aliphatic heterocycles. The third kappa shape index (κ3) is 3.39. The molecule has 120 valence electrons. The number of ether oxygens (including phenoxy) is 3. The second-order valence-electron chi connectivity index (χ2n) is 6.06. The van der Waals surface area contributed by atoms with Gasteiger partial charge in [0.15, 0.2) is 6.10 Å². The molecule has 3 fully saturated rings. The average molecular weight is 298 g/mol. The number of nitrogens with zero attached hydrogens (tertiary/aromatic N) is 2. The van der Waals surface area contributed by atoms with Gasteiger partial charge in [-0.3, -0.25) is 9.69 Å². The van der Waals surface area contributed by atoms with Gasteiger partial charge in [-0.2, -0.15) is 0 Å². The fourth-order valence-corrected chi connectivity index (χ4v) is 3.59. The molecule has 0 unspecified atom stereocenters. The Hall–Kier alpha value is -0.690. The first-order chi connectivity index (χ1) is 10.3. The molecule has 0 aromatic rings. The topological polar surface area (TPSA) is 51.2 Å². The van der Waals surface area contributed by atoms with Crippen molar-refractivity contribution in [2.45, 2.75) is 25.5 Å². The Balaban J connectivity index is 1.61. The van der Waals surface area contributed by atoms with Crippen molar-refractivity contribution in [3.8, 4) is 0 Å². The fourth-order valence-electron chi connectivity index (χ4n) is 3.59. The van der Waals surface area contributed by atoms with Gasteiger partial charge in [-0.1, -0.05) is 13.3 Å². The lowest BCUT2D eigenvalue weighted by Crippen LogP contribution is -2.48. The lowest BCUT2D eigenvalue weighted by atomic mass is 9.99. The van der Waals surface area contributed by atoms with Gasteiger partial charge < -0.3 is 19.1 Å². The Morgan fingerprint density at radius 2 is 1.90 bits per heavy atom. The first-order valence-electron chi connectivity index (χ1n) is 8.09. The van der Waals surface area contributed by atoms with E-state index >= 15 is 0 Å². The van der Waals surface area contributed by atoms with E-state index in [2.05, 4.69) is 11.8 Å². The minimum atomic E-state index is -0.403. The van der Waals surface area contributed by atoms with Gasteiger partial charge in [0.25, 0.3) is 5.91 Å². The van der Waals surface area contributed by atoms with Crippen molar-refractivity contribution in [2.75, 3.05) is 59.2 Å². The summed E-state index contributed by atoms with van der Waals surface area (Å²) in [7, 11) is 0. The van der Waals surface area contributed by atoms with Crippen molar-refractivity contribution >= 4 is 5.91 Å². The Morgan fingerprint density at radius 1 is 1.10 bits per heavy atom. The molecular formula is C15H26N2O4. The summed E-state index contributed by atoms with van der Waals surface area (Å²) in [4.78, 5) is 17.0. The number of hydrogen-bond donors (Lipinski definition) is 0. The molecule has 0 radical (unpaired) electrons. The molecule has 0 spiro atoms. The Labute approximate surface area is 126 Å². The van der Waals surface area contributed by atoms with Gasteiger partial charge >= 0.3 is 0 Å². The number of amides is 1. The molecule has 3 saturated heterocycles. The molecule has 0 aliphatic carbocycles. The van der Waals surface area contributed by atoms with Crippen molar-refractivity contribution in [2.24, 2.45) is 5.92 Å². The van der Waals surface area contributed by atoms with E-state index in [0.29, 0.717) is 31.8 Å². The largest absolute Gasteiger partial charge is 0.379 e.